The molecule has 1 aliphatic heterocycles. The van der Waals surface area contributed by atoms with Crippen LogP contribution in [0, 0.1) is 13.8 Å². The lowest BCUT2D eigenvalue weighted by atomic mass is 10.1. The second-order valence-electron chi connectivity index (χ2n) is 6.01. The molecule has 0 fully saturated rings. The molecule has 0 amide bonds. The fourth-order valence-corrected chi connectivity index (χ4v) is 3.43. The van der Waals surface area contributed by atoms with Crippen molar-refractivity contribution in [3.63, 3.8) is 0 Å². The third-order valence-electron chi connectivity index (χ3n) is 4.10. The largest absolute Gasteiger partial charge is 0.361 e. The molecule has 8 nitrogen and oxygen atoms in total. The summed E-state index contributed by atoms with van der Waals surface area (Å²) >= 11 is 0. The zero-order valence-electron chi connectivity index (χ0n) is 13.5. The third kappa shape index (κ3) is 3.62. The van der Waals surface area contributed by atoms with Crippen molar-refractivity contribution in [2.75, 3.05) is 19.3 Å². The molecule has 0 saturated carbocycles. The predicted octanol–water partition coefficient (Wildman–Crippen LogP) is 0.594. The van der Waals surface area contributed by atoms with Crippen LogP contribution in [0.15, 0.2) is 16.8 Å². The second-order valence-corrected chi connectivity index (χ2v) is 7.85. The Morgan fingerprint density at radius 1 is 1.43 bits per heavy atom. The van der Waals surface area contributed by atoms with E-state index in [4.69, 9.17) is 4.52 Å². The predicted molar refractivity (Wildman–Crippen MR) is 84.2 cm³/mol. The zero-order valence-corrected chi connectivity index (χ0v) is 14.3. The number of aryl methyl sites for hydroxylation is 2. The summed E-state index contributed by atoms with van der Waals surface area (Å²) in [6.45, 7) is 6.36. The number of nitrogens with zero attached hydrogens (tertiary/aromatic N) is 4. The molecular weight excluding hydrogens is 318 g/mol. The smallest absolute Gasteiger partial charge is 0.208 e. The van der Waals surface area contributed by atoms with Gasteiger partial charge in [0.2, 0.25) is 10.0 Å². The van der Waals surface area contributed by atoms with Crippen LogP contribution in [-0.2, 0) is 23.1 Å². The molecule has 1 aliphatic rings. The van der Waals surface area contributed by atoms with Gasteiger partial charge in [0, 0.05) is 37.9 Å². The number of hydrogen-bond acceptors (Lipinski definition) is 6. The lowest BCUT2D eigenvalue weighted by Crippen LogP contribution is -2.42. The molecule has 0 bridgehead atoms. The van der Waals surface area contributed by atoms with Gasteiger partial charge in [0.1, 0.15) is 5.76 Å². The number of hydrogen-bond donors (Lipinski definition) is 1. The number of aromatic nitrogens is 3. The summed E-state index contributed by atoms with van der Waals surface area (Å²) in [4.78, 5) is 2.26. The van der Waals surface area contributed by atoms with Crippen LogP contribution in [0.25, 0.3) is 0 Å². The SMILES string of the molecule is Cc1noc(C)c1CN1Cc2ccnn2[C@H](CNS(C)(=O)=O)C1. The summed E-state index contributed by atoms with van der Waals surface area (Å²) in [5.74, 6) is 0.826. The van der Waals surface area contributed by atoms with Gasteiger partial charge < -0.3 is 4.52 Å². The Morgan fingerprint density at radius 2 is 2.22 bits per heavy atom. The topological polar surface area (TPSA) is 93.3 Å². The summed E-state index contributed by atoms with van der Waals surface area (Å²) < 4.78 is 32.5. The van der Waals surface area contributed by atoms with Gasteiger partial charge in [-0.3, -0.25) is 9.58 Å². The number of rotatable bonds is 5. The van der Waals surface area contributed by atoms with E-state index in [1.165, 1.54) is 6.26 Å². The maximum Gasteiger partial charge on any atom is 0.208 e. The summed E-state index contributed by atoms with van der Waals surface area (Å²) in [6, 6.07) is 1.93. The first-order valence-corrected chi connectivity index (χ1v) is 9.34. The zero-order chi connectivity index (χ0) is 16.6. The fourth-order valence-electron chi connectivity index (χ4n) is 2.93. The van der Waals surface area contributed by atoms with E-state index < -0.39 is 10.0 Å². The lowest BCUT2D eigenvalue weighted by Gasteiger charge is -2.33. The average Bonchev–Trinajstić information content (AvgIpc) is 3.05. The molecule has 0 aromatic carbocycles. The first-order valence-electron chi connectivity index (χ1n) is 7.44. The van der Waals surface area contributed by atoms with E-state index in [1.807, 2.05) is 24.6 Å². The second kappa shape index (κ2) is 6.06. The Bertz CT molecular complexity index is 776. The molecule has 3 rings (SSSR count). The van der Waals surface area contributed by atoms with E-state index in [1.54, 1.807) is 6.20 Å². The van der Waals surface area contributed by atoms with Crippen LogP contribution in [0.2, 0.25) is 0 Å². The average molecular weight is 339 g/mol. The van der Waals surface area contributed by atoms with Crippen LogP contribution in [0.3, 0.4) is 0 Å². The molecule has 2 aromatic heterocycles. The summed E-state index contributed by atoms with van der Waals surface area (Å²) in [5, 5.41) is 8.32. The van der Waals surface area contributed by atoms with Gasteiger partial charge in [0.15, 0.2) is 0 Å². The van der Waals surface area contributed by atoms with E-state index in [0.717, 1.165) is 35.8 Å². The van der Waals surface area contributed by atoms with E-state index in [-0.39, 0.29) is 6.04 Å². The van der Waals surface area contributed by atoms with Crippen LogP contribution in [0.5, 0.6) is 0 Å². The fraction of sp³-hybridized carbons (Fsp3) is 0.571. The van der Waals surface area contributed by atoms with Crippen molar-refractivity contribution in [2.45, 2.75) is 33.0 Å². The molecule has 0 radical (unpaired) electrons. The molecule has 0 aliphatic carbocycles. The van der Waals surface area contributed by atoms with Gasteiger partial charge in [0.25, 0.3) is 0 Å². The molecule has 23 heavy (non-hydrogen) atoms. The molecule has 9 heteroatoms. The molecule has 1 N–H and O–H groups in total. The van der Waals surface area contributed by atoms with Crippen molar-refractivity contribution in [1.82, 2.24) is 24.6 Å². The standard InChI is InChI=1S/C14H21N5O3S/c1-10-14(11(2)22-17-10)9-18-7-12-4-5-15-19(12)13(8-18)6-16-23(3,20)21/h4-5,13,16H,6-9H2,1-3H3/t13-/m1/s1. The molecule has 0 unspecified atom stereocenters. The Balaban J connectivity index is 1.77. The van der Waals surface area contributed by atoms with Crippen LogP contribution in [-0.4, -0.2) is 47.6 Å². The normalized spacial score (nSPS) is 19.0. The van der Waals surface area contributed by atoms with Gasteiger partial charge in [-0.05, 0) is 19.9 Å². The highest BCUT2D eigenvalue weighted by Gasteiger charge is 2.27. The Hall–Kier alpha value is -1.71. The lowest BCUT2D eigenvalue weighted by molar-refractivity contribution is 0.167. The Labute approximate surface area is 135 Å². The Kier molecular flexibility index (Phi) is 4.26. The highest BCUT2D eigenvalue weighted by atomic mass is 32.2. The van der Waals surface area contributed by atoms with E-state index >= 15 is 0 Å². The molecule has 1 atom stereocenters. The summed E-state index contributed by atoms with van der Waals surface area (Å²) in [7, 11) is -3.22. The molecule has 2 aromatic rings. The van der Waals surface area contributed by atoms with E-state index in [0.29, 0.717) is 13.1 Å². The van der Waals surface area contributed by atoms with Gasteiger partial charge >= 0.3 is 0 Å². The van der Waals surface area contributed by atoms with Crippen LogP contribution >= 0.6 is 0 Å². The van der Waals surface area contributed by atoms with Crippen LogP contribution < -0.4 is 4.72 Å². The van der Waals surface area contributed by atoms with Gasteiger partial charge in [-0.2, -0.15) is 5.10 Å². The minimum absolute atomic E-state index is 0.0380. The summed E-state index contributed by atoms with van der Waals surface area (Å²) in [6.07, 6.45) is 2.92. The van der Waals surface area contributed by atoms with E-state index in [9.17, 15) is 8.42 Å². The quantitative estimate of drug-likeness (QED) is 0.857. The molecule has 126 valence electrons. The van der Waals surface area contributed by atoms with Gasteiger partial charge in [-0.25, -0.2) is 13.1 Å². The highest BCUT2D eigenvalue weighted by molar-refractivity contribution is 7.88. The van der Waals surface area contributed by atoms with E-state index in [2.05, 4.69) is 19.9 Å². The maximum atomic E-state index is 11.4. The number of nitrogens with one attached hydrogen (secondary N) is 1. The summed E-state index contributed by atoms with van der Waals surface area (Å²) in [5.41, 5.74) is 3.06. The minimum Gasteiger partial charge on any atom is -0.361 e. The monoisotopic (exact) mass is 339 g/mol. The van der Waals surface area contributed by atoms with Crippen LogP contribution in [0.1, 0.15) is 28.8 Å². The van der Waals surface area contributed by atoms with Crippen molar-refractivity contribution < 1.29 is 12.9 Å². The van der Waals surface area contributed by atoms with Gasteiger partial charge in [-0.1, -0.05) is 5.16 Å². The third-order valence-corrected chi connectivity index (χ3v) is 4.79. The van der Waals surface area contributed by atoms with Gasteiger partial charge in [0.05, 0.1) is 23.7 Å². The van der Waals surface area contributed by atoms with Crippen LogP contribution in [0.4, 0.5) is 0 Å². The molecule has 0 saturated heterocycles. The maximum absolute atomic E-state index is 11.4. The first-order chi connectivity index (χ1) is 10.8. The molecular formula is C14H21N5O3S. The van der Waals surface area contributed by atoms with Crippen molar-refractivity contribution in [3.8, 4) is 0 Å². The molecule has 0 spiro atoms. The van der Waals surface area contributed by atoms with Gasteiger partial charge in [-0.15, -0.1) is 0 Å². The van der Waals surface area contributed by atoms with Crippen molar-refractivity contribution >= 4 is 10.0 Å². The van der Waals surface area contributed by atoms with Crippen molar-refractivity contribution in [3.05, 3.63) is 35.0 Å². The number of fused-ring (bicyclic) bond motifs is 1. The van der Waals surface area contributed by atoms with Crippen molar-refractivity contribution in [1.29, 1.82) is 0 Å². The minimum atomic E-state index is -3.22. The highest BCUT2D eigenvalue weighted by Crippen LogP contribution is 2.23. The molecule has 3 heterocycles. The van der Waals surface area contributed by atoms with Crippen molar-refractivity contribution in [2.24, 2.45) is 0 Å². The first kappa shape index (κ1) is 16.2. The Morgan fingerprint density at radius 3 is 2.87 bits per heavy atom. The number of sulfonamides is 1.